The zero-order valence-electron chi connectivity index (χ0n) is 8.66. The van der Waals surface area contributed by atoms with Gasteiger partial charge >= 0.3 is 0 Å². The number of terminal acetylenes is 1. The van der Waals surface area contributed by atoms with Gasteiger partial charge in [-0.1, -0.05) is 6.92 Å². The molecule has 0 spiro atoms. The van der Waals surface area contributed by atoms with Crippen LogP contribution in [0.5, 0.6) is 0 Å². The molecule has 0 aliphatic carbocycles. The molecule has 2 atom stereocenters. The summed E-state index contributed by atoms with van der Waals surface area (Å²) >= 11 is 1.68. The van der Waals surface area contributed by atoms with E-state index in [9.17, 15) is 0 Å². The molecule has 1 aromatic rings. The molecule has 0 saturated carbocycles. The second-order valence-electron chi connectivity index (χ2n) is 3.27. The summed E-state index contributed by atoms with van der Waals surface area (Å²) in [4.78, 5) is 4.27. The van der Waals surface area contributed by atoms with Crippen LogP contribution < -0.4 is 5.32 Å². The van der Waals surface area contributed by atoms with Crippen LogP contribution in [-0.4, -0.2) is 11.0 Å². The number of hydrogen-bond donors (Lipinski definition) is 1. The molecule has 0 saturated heterocycles. The first-order valence-corrected chi connectivity index (χ1v) is 5.74. The zero-order chi connectivity index (χ0) is 10.4. The molecule has 2 unspecified atom stereocenters. The van der Waals surface area contributed by atoms with Crippen LogP contribution in [0.4, 0.5) is 0 Å². The van der Waals surface area contributed by atoms with Crippen LogP contribution >= 0.6 is 11.3 Å². The van der Waals surface area contributed by atoms with E-state index >= 15 is 0 Å². The molecule has 0 radical (unpaired) electrons. The van der Waals surface area contributed by atoms with Gasteiger partial charge in [0, 0.05) is 24.0 Å². The smallest absolute Gasteiger partial charge is 0.109 e. The van der Waals surface area contributed by atoms with Crippen molar-refractivity contribution in [2.24, 2.45) is 0 Å². The van der Waals surface area contributed by atoms with Gasteiger partial charge in [0.05, 0.1) is 6.04 Å². The van der Waals surface area contributed by atoms with Gasteiger partial charge in [-0.15, -0.1) is 23.7 Å². The fraction of sp³-hybridized carbons (Fsp3) is 0.545. The van der Waals surface area contributed by atoms with Crippen LogP contribution in [0, 0.1) is 12.3 Å². The lowest BCUT2D eigenvalue weighted by atomic mass is 10.1. The highest BCUT2D eigenvalue weighted by atomic mass is 32.1. The Balaban J connectivity index is 2.47. The molecule has 3 heteroatoms. The van der Waals surface area contributed by atoms with Crippen molar-refractivity contribution in [3.8, 4) is 12.3 Å². The maximum absolute atomic E-state index is 5.30. The predicted molar refractivity (Wildman–Crippen MR) is 61.2 cm³/mol. The molecule has 0 aliphatic rings. The summed E-state index contributed by atoms with van der Waals surface area (Å²) in [5.74, 6) is 2.69. The Labute approximate surface area is 89.8 Å². The minimum absolute atomic E-state index is 0.299. The first-order valence-electron chi connectivity index (χ1n) is 4.86. The normalized spacial score (nSPS) is 14.6. The molecular formula is C11H16N2S. The van der Waals surface area contributed by atoms with Crippen LogP contribution in [0.1, 0.15) is 37.7 Å². The molecular weight excluding hydrogens is 192 g/mol. The third-order valence-corrected chi connectivity index (χ3v) is 3.12. The average molecular weight is 208 g/mol. The minimum Gasteiger partial charge on any atom is -0.304 e. The van der Waals surface area contributed by atoms with Crippen LogP contribution in [-0.2, 0) is 0 Å². The highest BCUT2D eigenvalue weighted by Gasteiger charge is 2.12. The number of nitrogens with zero attached hydrogens (tertiary/aromatic N) is 1. The van der Waals surface area contributed by atoms with Crippen LogP contribution in [0.15, 0.2) is 11.6 Å². The van der Waals surface area contributed by atoms with E-state index in [1.165, 1.54) is 0 Å². The number of hydrogen-bond acceptors (Lipinski definition) is 3. The largest absolute Gasteiger partial charge is 0.304 e. The molecule has 1 aromatic heterocycles. The van der Waals surface area contributed by atoms with Gasteiger partial charge in [0.2, 0.25) is 0 Å². The van der Waals surface area contributed by atoms with Gasteiger partial charge in [-0.2, -0.15) is 0 Å². The highest BCUT2D eigenvalue weighted by Crippen LogP contribution is 2.16. The third kappa shape index (κ3) is 3.13. The highest BCUT2D eigenvalue weighted by molar-refractivity contribution is 7.09. The molecule has 14 heavy (non-hydrogen) atoms. The van der Waals surface area contributed by atoms with Gasteiger partial charge in [-0.3, -0.25) is 0 Å². The summed E-state index contributed by atoms with van der Waals surface area (Å²) in [7, 11) is 0. The van der Waals surface area contributed by atoms with Crippen molar-refractivity contribution in [2.75, 3.05) is 0 Å². The molecule has 76 valence electrons. The number of thiazole rings is 1. The summed E-state index contributed by atoms with van der Waals surface area (Å²) < 4.78 is 0. The van der Waals surface area contributed by atoms with Crippen LogP contribution in [0.3, 0.4) is 0 Å². The Hall–Kier alpha value is -0.850. The van der Waals surface area contributed by atoms with Crippen molar-refractivity contribution >= 4 is 11.3 Å². The Morgan fingerprint density at radius 2 is 2.50 bits per heavy atom. The first-order chi connectivity index (χ1) is 6.77. The van der Waals surface area contributed by atoms with Crippen molar-refractivity contribution in [2.45, 2.75) is 38.8 Å². The quantitative estimate of drug-likeness (QED) is 0.752. The molecule has 1 heterocycles. The number of nitrogens with one attached hydrogen (secondary N) is 1. The van der Waals surface area contributed by atoms with Gasteiger partial charge < -0.3 is 5.32 Å². The number of aromatic nitrogens is 1. The second-order valence-corrected chi connectivity index (χ2v) is 4.20. The lowest BCUT2D eigenvalue weighted by Crippen LogP contribution is -2.30. The third-order valence-electron chi connectivity index (χ3n) is 2.16. The van der Waals surface area contributed by atoms with Gasteiger partial charge in [-0.25, -0.2) is 4.98 Å². The van der Waals surface area contributed by atoms with E-state index in [0.29, 0.717) is 12.1 Å². The van der Waals surface area contributed by atoms with Gasteiger partial charge in [-0.05, 0) is 13.3 Å². The molecule has 1 N–H and O–H groups in total. The first kappa shape index (κ1) is 11.2. The zero-order valence-corrected chi connectivity index (χ0v) is 9.47. The van der Waals surface area contributed by atoms with E-state index < -0.39 is 0 Å². The number of rotatable bonds is 5. The standard InChI is InChI=1S/C11H16N2S/c1-4-6-10(5-2)13-9(3)11-12-7-8-14-11/h1,7-10,13H,5-6H2,2-3H3. The fourth-order valence-corrected chi connectivity index (χ4v) is 1.99. The van der Waals surface area contributed by atoms with Crippen molar-refractivity contribution in [1.82, 2.24) is 10.3 Å². The van der Waals surface area contributed by atoms with Crippen LogP contribution in [0.25, 0.3) is 0 Å². The Morgan fingerprint density at radius 3 is 3.00 bits per heavy atom. The van der Waals surface area contributed by atoms with E-state index in [1.54, 1.807) is 11.3 Å². The van der Waals surface area contributed by atoms with E-state index in [1.807, 2.05) is 11.6 Å². The lowest BCUT2D eigenvalue weighted by Gasteiger charge is -2.18. The molecule has 0 bridgehead atoms. The maximum Gasteiger partial charge on any atom is 0.109 e. The molecule has 0 aliphatic heterocycles. The predicted octanol–water partition coefficient (Wildman–Crippen LogP) is 2.60. The Kier molecular flexibility index (Phi) is 4.64. The fourth-order valence-electron chi connectivity index (χ4n) is 1.34. The van der Waals surface area contributed by atoms with Crippen molar-refractivity contribution < 1.29 is 0 Å². The monoisotopic (exact) mass is 208 g/mol. The second kappa shape index (κ2) is 5.79. The molecule has 1 rings (SSSR count). The summed E-state index contributed by atoms with van der Waals surface area (Å²) in [6.45, 7) is 4.27. The molecule has 0 amide bonds. The molecule has 2 nitrogen and oxygen atoms in total. The van der Waals surface area contributed by atoms with E-state index in [4.69, 9.17) is 6.42 Å². The summed E-state index contributed by atoms with van der Waals surface area (Å²) in [6, 6.07) is 0.701. The average Bonchev–Trinajstić information content (AvgIpc) is 2.69. The Morgan fingerprint density at radius 1 is 1.71 bits per heavy atom. The van der Waals surface area contributed by atoms with Gasteiger partial charge in [0.25, 0.3) is 0 Å². The summed E-state index contributed by atoms with van der Waals surface area (Å²) in [6.07, 6.45) is 8.97. The van der Waals surface area contributed by atoms with Crippen LogP contribution in [0.2, 0.25) is 0 Å². The Bertz CT molecular complexity index is 287. The summed E-state index contributed by atoms with van der Waals surface area (Å²) in [5, 5.41) is 6.60. The topological polar surface area (TPSA) is 24.9 Å². The van der Waals surface area contributed by atoms with E-state index in [0.717, 1.165) is 17.8 Å². The van der Waals surface area contributed by atoms with Gasteiger partial charge in [0.1, 0.15) is 5.01 Å². The summed E-state index contributed by atoms with van der Waals surface area (Å²) in [5.41, 5.74) is 0. The maximum atomic E-state index is 5.30. The SMILES string of the molecule is C#CCC(CC)NC(C)c1nccs1. The van der Waals surface area contributed by atoms with Gasteiger partial charge in [0.15, 0.2) is 0 Å². The van der Waals surface area contributed by atoms with Crippen molar-refractivity contribution in [3.05, 3.63) is 16.6 Å². The minimum atomic E-state index is 0.299. The van der Waals surface area contributed by atoms with Crippen molar-refractivity contribution in [1.29, 1.82) is 0 Å². The molecule has 0 aromatic carbocycles. The molecule has 0 fully saturated rings. The van der Waals surface area contributed by atoms with E-state index in [-0.39, 0.29) is 0 Å². The lowest BCUT2D eigenvalue weighted by molar-refractivity contribution is 0.448. The van der Waals surface area contributed by atoms with Crippen molar-refractivity contribution in [3.63, 3.8) is 0 Å². The van der Waals surface area contributed by atoms with E-state index in [2.05, 4.69) is 30.1 Å².